The maximum absolute atomic E-state index is 12.7. The summed E-state index contributed by atoms with van der Waals surface area (Å²) in [6.45, 7) is 5.60. The van der Waals surface area contributed by atoms with Crippen LogP contribution >= 0.6 is 11.6 Å². The van der Waals surface area contributed by atoms with Crippen LogP contribution in [0.15, 0.2) is 42.7 Å². The Morgan fingerprint density at radius 2 is 2.14 bits per heavy atom. The van der Waals surface area contributed by atoms with Crippen LogP contribution in [0, 0.1) is 5.41 Å². The number of benzene rings is 1. The highest BCUT2D eigenvalue weighted by Gasteiger charge is 2.58. The molecule has 1 aromatic carbocycles. The Kier molecular flexibility index (Phi) is 5.12. The van der Waals surface area contributed by atoms with Crippen LogP contribution < -0.4 is 0 Å². The normalized spacial score (nSPS) is 27.2. The predicted octanol–water partition coefficient (Wildman–Crippen LogP) is 3.69. The van der Waals surface area contributed by atoms with Gasteiger partial charge < -0.3 is 9.84 Å². The van der Waals surface area contributed by atoms with E-state index in [4.69, 9.17) is 16.3 Å². The molecule has 0 heterocycles. The molecule has 0 amide bonds. The van der Waals surface area contributed by atoms with Gasteiger partial charge in [-0.1, -0.05) is 30.3 Å². The molecular formula is C18H21ClO3. The first kappa shape index (κ1) is 16.8. The van der Waals surface area contributed by atoms with Crippen molar-refractivity contribution in [1.82, 2.24) is 0 Å². The summed E-state index contributed by atoms with van der Waals surface area (Å²) in [7, 11) is 0. The molecule has 1 fully saturated rings. The largest absolute Gasteiger partial charge is 0.465 e. The fourth-order valence-electron chi connectivity index (χ4n) is 3.31. The highest BCUT2D eigenvalue weighted by Crippen LogP contribution is 2.50. The lowest BCUT2D eigenvalue weighted by molar-refractivity contribution is -0.166. The van der Waals surface area contributed by atoms with E-state index in [1.165, 1.54) is 6.08 Å². The molecule has 22 heavy (non-hydrogen) atoms. The van der Waals surface area contributed by atoms with Crippen molar-refractivity contribution in [3.8, 4) is 0 Å². The number of halogens is 1. The van der Waals surface area contributed by atoms with Crippen molar-refractivity contribution in [1.29, 1.82) is 0 Å². The van der Waals surface area contributed by atoms with Gasteiger partial charge in [-0.25, -0.2) is 0 Å². The maximum Gasteiger partial charge on any atom is 0.315 e. The maximum atomic E-state index is 12.7. The second-order valence-corrected chi connectivity index (χ2v) is 6.17. The molecule has 1 aliphatic rings. The van der Waals surface area contributed by atoms with Gasteiger partial charge in [0.1, 0.15) is 11.0 Å². The fraction of sp³-hybridized carbons (Fsp3) is 0.444. The van der Waals surface area contributed by atoms with E-state index in [0.29, 0.717) is 24.3 Å². The molecule has 1 aromatic rings. The number of carbonyl (C=O) groups excluding carboxylic acids is 1. The molecule has 1 N–H and O–H groups in total. The Bertz CT molecular complexity index is 589. The molecule has 0 saturated heterocycles. The summed E-state index contributed by atoms with van der Waals surface area (Å²) in [5.41, 5.74) is 1.31. The summed E-state index contributed by atoms with van der Waals surface area (Å²) in [5.74, 6) is -0.364. The zero-order chi connectivity index (χ0) is 16.2. The fourth-order valence-corrected chi connectivity index (χ4v) is 3.43. The van der Waals surface area contributed by atoms with E-state index < -0.39 is 11.0 Å². The first-order valence-electron chi connectivity index (χ1n) is 7.48. The molecule has 2 rings (SSSR count). The second-order valence-electron chi connectivity index (χ2n) is 5.73. The van der Waals surface area contributed by atoms with Gasteiger partial charge in [-0.05, 0) is 56.4 Å². The van der Waals surface area contributed by atoms with E-state index in [-0.39, 0.29) is 12.6 Å². The van der Waals surface area contributed by atoms with Crippen molar-refractivity contribution >= 4 is 17.6 Å². The molecule has 118 valence electrons. The number of hydrogen-bond donors (Lipinski definition) is 1. The smallest absolute Gasteiger partial charge is 0.315 e. The Morgan fingerprint density at radius 3 is 2.73 bits per heavy atom. The van der Waals surface area contributed by atoms with E-state index in [1.54, 1.807) is 19.1 Å². The van der Waals surface area contributed by atoms with Gasteiger partial charge in [0.15, 0.2) is 0 Å². The van der Waals surface area contributed by atoms with Crippen LogP contribution in [0.3, 0.4) is 0 Å². The van der Waals surface area contributed by atoms with E-state index in [0.717, 1.165) is 12.0 Å². The third kappa shape index (κ3) is 2.98. The summed E-state index contributed by atoms with van der Waals surface area (Å²) >= 11 is 5.92. The second kappa shape index (κ2) is 6.70. The average Bonchev–Trinajstić information content (AvgIpc) is 2.80. The van der Waals surface area contributed by atoms with Crippen molar-refractivity contribution in [3.05, 3.63) is 53.2 Å². The lowest BCUT2D eigenvalue weighted by Crippen LogP contribution is -2.50. The predicted molar refractivity (Wildman–Crippen MR) is 86.7 cm³/mol. The van der Waals surface area contributed by atoms with Crippen molar-refractivity contribution in [2.75, 3.05) is 6.61 Å². The van der Waals surface area contributed by atoms with Crippen LogP contribution in [0.25, 0.3) is 0 Å². The topological polar surface area (TPSA) is 46.5 Å². The van der Waals surface area contributed by atoms with E-state index >= 15 is 0 Å². The van der Waals surface area contributed by atoms with Gasteiger partial charge in [-0.15, -0.1) is 5.73 Å². The number of hydrogen-bond acceptors (Lipinski definition) is 3. The van der Waals surface area contributed by atoms with E-state index in [2.05, 4.69) is 12.3 Å². The van der Waals surface area contributed by atoms with Gasteiger partial charge in [-0.3, -0.25) is 4.79 Å². The van der Waals surface area contributed by atoms with Crippen LogP contribution in [0.2, 0.25) is 5.02 Å². The quantitative estimate of drug-likeness (QED) is 0.665. The Morgan fingerprint density at radius 1 is 1.45 bits per heavy atom. The number of esters is 1. The standard InChI is InChI=1S/C18H21ClO3/c1-3-10-18(21)12-5-11-17(18,16(20)22-4-2)13-14-6-8-15(19)9-7-14/h6-10,21H,1,4-5,11-13H2,2H3/t17-,18-/m1/s1. The number of rotatable bonds is 5. The van der Waals surface area contributed by atoms with Crippen LogP contribution in [0.1, 0.15) is 31.7 Å². The first-order valence-corrected chi connectivity index (χ1v) is 7.86. The first-order chi connectivity index (χ1) is 10.5. The third-order valence-corrected chi connectivity index (χ3v) is 4.67. The van der Waals surface area contributed by atoms with E-state index in [9.17, 15) is 9.90 Å². The van der Waals surface area contributed by atoms with Crippen molar-refractivity contribution in [2.24, 2.45) is 5.41 Å². The Hall–Kier alpha value is -1.54. The summed E-state index contributed by atoms with van der Waals surface area (Å²) in [6, 6.07) is 7.32. The van der Waals surface area contributed by atoms with Crippen LogP contribution in [0.5, 0.6) is 0 Å². The van der Waals surface area contributed by atoms with E-state index in [1.807, 2.05) is 12.1 Å². The monoisotopic (exact) mass is 320 g/mol. The average molecular weight is 321 g/mol. The molecule has 0 aliphatic heterocycles. The van der Waals surface area contributed by atoms with Gasteiger partial charge in [0.05, 0.1) is 6.61 Å². The van der Waals surface area contributed by atoms with Gasteiger partial charge in [0.25, 0.3) is 0 Å². The van der Waals surface area contributed by atoms with Crippen LogP contribution in [0.4, 0.5) is 0 Å². The zero-order valence-corrected chi connectivity index (χ0v) is 13.5. The minimum Gasteiger partial charge on any atom is -0.465 e. The van der Waals surface area contributed by atoms with Crippen LogP contribution in [-0.4, -0.2) is 23.3 Å². The Labute approximate surface area is 136 Å². The molecule has 0 aromatic heterocycles. The zero-order valence-electron chi connectivity index (χ0n) is 12.8. The number of carbonyl (C=O) groups is 1. The van der Waals surface area contributed by atoms with Gasteiger partial charge in [0, 0.05) is 5.02 Å². The Balaban J connectivity index is 2.44. The lowest BCUT2D eigenvalue weighted by atomic mass is 9.70. The molecule has 1 aliphatic carbocycles. The van der Waals surface area contributed by atoms with Crippen molar-refractivity contribution in [3.63, 3.8) is 0 Å². The summed E-state index contributed by atoms with van der Waals surface area (Å²) in [4.78, 5) is 12.7. The van der Waals surface area contributed by atoms with Crippen molar-refractivity contribution in [2.45, 2.75) is 38.2 Å². The highest BCUT2D eigenvalue weighted by molar-refractivity contribution is 6.30. The van der Waals surface area contributed by atoms with Gasteiger partial charge in [0.2, 0.25) is 0 Å². The highest BCUT2D eigenvalue weighted by atomic mass is 35.5. The minimum atomic E-state index is -1.28. The molecule has 0 spiro atoms. The molecule has 3 nitrogen and oxygen atoms in total. The SMILES string of the molecule is C=C=C[C@@]1(O)CCC[C@@]1(Cc1ccc(Cl)cc1)C(=O)OCC. The minimum absolute atomic E-state index is 0.287. The summed E-state index contributed by atoms with van der Waals surface area (Å²) in [6.07, 6.45) is 3.73. The van der Waals surface area contributed by atoms with Gasteiger partial charge >= 0.3 is 5.97 Å². The number of aliphatic hydroxyl groups is 1. The van der Waals surface area contributed by atoms with Gasteiger partial charge in [-0.2, -0.15) is 0 Å². The summed E-state index contributed by atoms with van der Waals surface area (Å²) in [5, 5.41) is 11.7. The van der Waals surface area contributed by atoms with Crippen molar-refractivity contribution < 1.29 is 14.6 Å². The third-order valence-electron chi connectivity index (χ3n) is 4.42. The molecule has 0 bridgehead atoms. The molecule has 4 heteroatoms. The van der Waals surface area contributed by atoms with Crippen LogP contribution in [-0.2, 0) is 16.0 Å². The molecule has 0 unspecified atom stereocenters. The number of ether oxygens (including phenoxy) is 1. The molecular weight excluding hydrogens is 300 g/mol. The molecule has 0 radical (unpaired) electrons. The lowest BCUT2D eigenvalue weighted by Gasteiger charge is -2.38. The molecule has 1 saturated carbocycles. The molecule has 2 atom stereocenters. The summed E-state index contributed by atoms with van der Waals surface area (Å²) < 4.78 is 5.27.